The van der Waals surface area contributed by atoms with Gasteiger partial charge in [0.15, 0.2) is 0 Å². The Hall–Kier alpha value is -1.26. The molecule has 1 saturated heterocycles. The first-order valence-corrected chi connectivity index (χ1v) is 4.46. The van der Waals surface area contributed by atoms with Crippen LogP contribution in [0.1, 0.15) is 0 Å². The molecule has 0 aromatic heterocycles. The third-order valence-corrected chi connectivity index (χ3v) is 1.94. The molecule has 0 amide bonds. The van der Waals surface area contributed by atoms with Crippen molar-refractivity contribution in [2.24, 2.45) is 0 Å². The molecule has 0 radical (unpaired) electrons. The van der Waals surface area contributed by atoms with Gasteiger partial charge < -0.3 is 19.3 Å². The van der Waals surface area contributed by atoms with Gasteiger partial charge >= 0.3 is 0 Å². The predicted octanol–water partition coefficient (Wildman–Crippen LogP) is 1.14. The minimum atomic E-state index is -0.00245. The fourth-order valence-electron chi connectivity index (χ4n) is 1.23. The van der Waals surface area contributed by atoms with Crippen molar-refractivity contribution >= 4 is 0 Å². The zero-order valence-electron chi connectivity index (χ0n) is 7.68. The van der Waals surface area contributed by atoms with E-state index >= 15 is 0 Å². The molecule has 4 heteroatoms. The maximum atomic E-state index is 9.17. The average molecular weight is 196 g/mol. The maximum Gasteiger partial charge on any atom is 0.147 e. The van der Waals surface area contributed by atoms with Gasteiger partial charge in [-0.2, -0.15) is 0 Å². The summed E-state index contributed by atoms with van der Waals surface area (Å²) in [4.78, 5) is 0. The summed E-state index contributed by atoms with van der Waals surface area (Å²) in [5.74, 6) is 0.839. The molecule has 1 aromatic rings. The summed E-state index contributed by atoms with van der Waals surface area (Å²) >= 11 is 0. The molecular weight excluding hydrogens is 184 g/mol. The third kappa shape index (κ3) is 2.37. The van der Waals surface area contributed by atoms with Gasteiger partial charge in [-0.15, -0.1) is 0 Å². The fraction of sp³-hybridized carbons (Fsp3) is 0.400. The van der Waals surface area contributed by atoms with E-state index in [4.69, 9.17) is 19.3 Å². The van der Waals surface area contributed by atoms with E-state index in [0.717, 1.165) is 0 Å². The smallest absolute Gasteiger partial charge is 0.147 e. The van der Waals surface area contributed by atoms with Crippen molar-refractivity contribution in [3.05, 3.63) is 24.3 Å². The molecule has 1 N–H and O–H groups in total. The topological polar surface area (TPSA) is 47.9 Å². The molecule has 2 rings (SSSR count). The molecule has 1 aliphatic rings. The van der Waals surface area contributed by atoms with Crippen LogP contribution in [0.4, 0.5) is 0 Å². The minimum Gasteiger partial charge on any atom is -0.508 e. The number of phenolic OH excluding ortho intramolecular Hbond substituents is 1. The first-order chi connectivity index (χ1) is 6.84. The van der Waals surface area contributed by atoms with Crippen molar-refractivity contribution in [2.45, 2.75) is 6.10 Å². The van der Waals surface area contributed by atoms with Crippen LogP contribution < -0.4 is 4.74 Å². The van der Waals surface area contributed by atoms with Crippen LogP contribution in [0.15, 0.2) is 24.3 Å². The van der Waals surface area contributed by atoms with E-state index < -0.39 is 0 Å². The van der Waals surface area contributed by atoms with Crippen molar-refractivity contribution in [1.82, 2.24) is 0 Å². The molecule has 1 atom stereocenters. The number of phenols is 1. The SMILES string of the molecule is Oc1cccc(OCC2COCO2)c1. The summed E-state index contributed by atoms with van der Waals surface area (Å²) < 4.78 is 15.6. The summed E-state index contributed by atoms with van der Waals surface area (Å²) in [7, 11) is 0. The number of rotatable bonds is 3. The molecule has 1 heterocycles. The van der Waals surface area contributed by atoms with Gasteiger partial charge in [-0.05, 0) is 12.1 Å². The van der Waals surface area contributed by atoms with Gasteiger partial charge in [0.1, 0.15) is 31.0 Å². The van der Waals surface area contributed by atoms with E-state index in [2.05, 4.69) is 0 Å². The second-order valence-corrected chi connectivity index (χ2v) is 3.09. The molecule has 14 heavy (non-hydrogen) atoms. The van der Waals surface area contributed by atoms with Crippen LogP contribution in [0.3, 0.4) is 0 Å². The molecule has 1 aromatic carbocycles. The monoisotopic (exact) mass is 196 g/mol. The molecule has 0 saturated carbocycles. The zero-order valence-corrected chi connectivity index (χ0v) is 7.68. The van der Waals surface area contributed by atoms with Gasteiger partial charge in [0.25, 0.3) is 0 Å². The van der Waals surface area contributed by atoms with Crippen molar-refractivity contribution < 1.29 is 19.3 Å². The average Bonchev–Trinajstić information content (AvgIpc) is 2.67. The Bertz CT molecular complexity index is 294. The molecule has 1 unspecified atom stereocenters. The summed E-state index contributed by atoms with van der Waals surface area (Å²) in [6.45, 7) is 1.36. The highest BCUT2D eigenvalue weighted by atomic mass is 16.7. The normalized spacial score (nSPS) is 21.0. The van der Waals surface area contributed by atoms with Crippen molar-refractivity contribution in [3.8, 4) is 11.5 Å². The van der Waals surface area contributed by atoms with Crippen LogP contribution in [-0.4, -0.2) is 31.2 Å². The fourth-order valence-corrected chi connectivity index (χ4v) is 1.23. The molecule has 1 aliphatic heterocycles. The van der Waals surface area contributed by atoms with Crippen LogP contribution >= 0.6 is 0 Å². The van der Waals surface area contributed by atoms with E-state index in [1.54, 1.807) is 24.3 Å². The lowest BCUT2D eigenvalue weighted by molar-refractivity contribution is 0.0320. The second-order valence-electron chi connectivity index (χ2n) is 3.09. The Morgan fingerprint density at radius 2 is 2.43 bits per heavy atom. The van der Waals surface area contributed by atoms with Crippen LogP contribution in [0.2, 0.25) is 0 Å². The van der Waals surface area contributed by atoms with Crippen LogP contribution in [0, 0.1) is 0 Å². The van der Waals surface area contributed by atoms with Gasteiger partial charge in [0.2, 0.25) is 0 Å². The van der Waals surface area contributed by atoms with Crippen molar-refractivity contribution in [2.75, 3.05) is 20.0 Å². The van der Waals surface area contributed by atoms with Crippen molar-refractivity contribution in [3.63, 3.8) is 0 Å². The molecule has 4 nitrogen and oxygen atoms in total. The van der Waals surface area contributed by atoms with E-state index in [1.807, 2.05) is 0 Å². The van der Waals surface area contributed by atoms with Crippen LogP contribution in [0.5, 0.6) is 11.5 Å². The van der Waals surface area contributed by atoms with Crippen LogP contribution in [0.25, 0.3) is 0 Å². The highest BCUT2D eigenvalue weighted by molar-refractivity contribution is 5.31. The number of hydrogen-bond acceptors (Lipinski definition) is 4. The lowest BCUT2D eigenvalue weighted by Gasteiger charge is -2.09. The number of benzene rings is 1. The predicted molar refractivity (Wildman–Crippen MR) is 49.3 cm³/mol. The zero-order chi connectivity index (χ0) is 9.80. The van der Waals surface area contributed by atoms with Gasteiger partial charge in [-0.3, -0.25) is 0 Å². The van der Waals surface area contributed by atoms with E-state index in [-0.39, 0.29) is 11.9 Å². The number of hydrogen-bond donors (Lipinski definition) is 1. The Kier molecular flexibility index (Phi) is 2.86. The molecule has 0 spiro atoms. The van der Waals surface area contributed by atoms with E-state index in [9.17, 15) is 0 Å². The molecule has 0 aliphatic carbocycles. The number of ether oxygens (including phenoxy) is 3. The number of aromatic hydroxyl groups is 1. The van der Waals surface area contributed by atoms with Gasteiger partial charge in [0, 0.05) is 6.07 Å². The van der Waals surface area contributed by atoms with Gasteiger partial charge in [-0.1, -0.05) is 6.07 Å². The highest BCUT2D eigenvalue weighted by Crippen LogP contribution is 2.18. The Morgan fingerprint density at radius 3 is 3.14 bits per heavy atom. The van der Waals surface area contributed by atoms with Gasteiger partial charge in [0.05, 0.1) is 6.61 Å². The summed E-state index contributed by atoms with van der Waals surface area (Å²) in [6.07, 6.45) is -0.00245. The van der Waals surface area contributed by atoms with E-state index in [0.29, 0.717) is 25.8 Å². The third-order valence-electron chi connectivity index (χ3n) is 1.94. The standard InChI is InChI=1S/C10H12O4/c11-8-2-1-3-9(4-8)13-6-10-5-12-7-14-10/h1-4,10-11H,5-7H2. The second kappa shape index (κ2) is 4.30. The lowest BCUT2D eigenvalue weighted by Crippen LogP contribution is -2.19. The van der Waals surface area contributed by atoms with Crippen molar-refractivity contribution in [1.29, 1.82) is 0 Å². The summed E-state index contributed by atoms with van der Waals surface area (Å²) in [5.41, 5.74) is 0. The largest absolute Gasteiger partial charge is 0.508 e. The first-order valence-electron chi connectivity index (χ1n) is 4.46. The Labute approximate surface area is 82.0 Å². The molecule has 76 valence electrons. The van der Waals surface area contributed by atoms with Gasteiger partial charge in [-0.25, -0.2) is 0 Å². The molecule has 1 fully saturated rings. The quantitative estimate of drug-likeness (QED) is 0.787. The maximum absolute atomic E-state index is 9.17. The Morgan fingerprint density at radius 1 is 1.50 bits per heavy atom. The first kappa shape index (κ1) is 9.30. The van der Waals surface area contributed by atoms with E-state index in [1.165, 1.54) is 0 Å². The summed E-state index contributed by atoms with van der Waals surface area (Å²) in [6, 6.07) is 6.68. The molecule has 0 bridgehead atoms. The molecular formula is C10H12O4. The highest BCUT2D eigenvalue weighted by Gasteiger charge is 2.16. The summed E-state index contributed by atoms with van der Waals surface area (Å²) in [5, 5.41) is 9.17. The van der Waals surface area contributed by atoms with Crippen LogP contribution in [-0.2, 0) is 9.47 Å². The minimum absolute atomic E-state index is 0.00245. The Balaban J connectivity index is 1.85. The lowest BCUT2D eigenvalue weighted by atomic mass is 10.3.